The predicted octanol–water partition coefficient (Wildman–Crippen LogP) is 5.44. The van der Waals surface area contributed by atoms with Crippen LogP contribution in [-0.2, 0) is 6.42 Å². The molecule has 1 aromatic carbocycles. The zero-order valence-electron chi connectivity index (χ0n) is 11.0. The molecule has 0 aliphatic heterocycles. The molecule has 0 spiro atoms. The summed E-state index contributed by atoms with van der Waals surface area (Å²) >= 11 is 10.8. The van der Waals surface area contributed by atoms with Crippen molar-refractivity contribution in [3.8, 4) is 5.69 Å². The van der Waals surface area contributed by atoms with E-state index >= 15 is 0 Å². The van der Waals surface area contributed by atoms with Gasteiger partial charge in [0.1, 0.15) is 0 Å². The van der Waals surface area contributed by atoms with Crippen LogP contribution in [0, 0.1) is 6.92 Å². The molecule has 106 valence electrons. The first-order valence-corrected chi connectivity index (χ1v) is 8.91. The van der Waals surface area contributed by atoms with E-state index in [1.165, 1.54) is 5.69 Å². The highest BCUT2D eigenvalue weighted by atomic mass is 79.9. The van der Waals surface area contributed by atoms with Crippen molar-refractivity contribution in [2.24, 2.45) is 0 Å². The highest BCUT2D eigenvalue weighted by Crippen LogP contribution is 2.39. The van der Waals surface area contributed by atoms with Gasteiger partial charge in [0, 0.05) is 30.4 Å². The van der Waals surface area contributed by atoms with E-state index in [-0.39, 0.29) is 6.10 Å². The lowest BCUT2D eigenvalue weighted by Gasteiger charge is -2.22. The van der Waals surface area contributed by atoms with E-state index in [0.29, 0.717) is 0 Å². The Bertz CT molecular complexity index is 655. The van der Waals surface area contributed by atoms with Crippen molar-refractivity contribution >= 4 is 47.8 Å². The molecule has 0 radical (unpaired) electrons. The van der Waals surface area contributed by atoms with Crippen LogP contribution < -0.4 is 0 Å². The topological polar surface area (TPSA) is 25.2 Å². The van der Waals surface area contributed by atoms with Gasteiger partial charge in [0.2, 0.25) is 0 Å². The molecule has 1 aromatic heterocycles. The van der Waals surface area contributed by atoms with Crippen LogP contribution in [0.1, 0.15) is 35.9 Å². The van der Waals surface area contributed by atoms with Crippen molar-refractivity contribution in [1.29, 1.82) is 0 Å². The number of aryl methyl sites for hydroxylation is 1. The van der Waals surface area contributed by atoms with Crippen LogP contribution in [0.25, 0.3) is 5.69 Å². The second-order valence-corrected chi connectivity index (χ2v) is 7.77. The van der Waals surface area contributed by atoms with E-state index in [9.17, 15) is 5.11 Å². The fourth-order valence-corrected chi connectivity index (χ4v) is 5.55. The van der Waals surface area contributed by atoms with E-state index < -0.39 is 0 Å². The van der Waals surface area contributed by atoms with Gasteiger partial charge in [0.15, 0.2) is 0 Å². The van der Waals surface area contributed by atoms with E-state index in [0.717, 1.165) is 49.6 Å². The lowest BCUT2D eigenvalue weighted by atomic mass is 9.95. The minimum atomic E-state index is -0.327. The van der Waals surface area contributed by atoms with E-state index in [1.807, 2.05) is 12.1 Å². The normalized spacial score (nSPS) is 18.1. The van der Waals surface area contributed by atoms with Gasteiger partial charge in [-0.3, -0.25) is 0 Å². The highest BCUT2D eigenvalue weighted by Gasteiger charge is 2.25. The third kappa shape index (κ3) is 2.43. The SMILES string of the molecule is Cc1cc2c(n1-c1c(Br)cc(Br)cc1Br)CCCC2O. The molecule has 0 saturated carbocycles. The number of aromatic nitrogens is 1. The standard InChI is InChI=1S/C15H14Br3NO/c1-8-5-10-13(3-2-4-14(10)20)19(8)15-11(17)6-9(16)7-12(15)18/h5-7,14,20H,2-4H2,1H3. The molecule has 2 nitrogen and oxygen atoms in total. The molecule has 0 fully saturated rings. The van der Waals surface area contributed by atoms with Crippen LogP contribution in [0.5, 0.6) is 0 Å². The first-order valence-electron chi connectivity index (χ1n) is 6.53. The summed E-state index contributed by atoms with van der Waals surface area (Å²) in [5.41, 5.74) is 4.56. The van der Waals surface area contributed by atoms with Gasteiger partial charge in [-0.2, -0.15) is 0 Å². The molecule has 0 amide bonds. The van der Waals surface area contributed by atoms with Gasteiger partial charge >= 0.3 is 0 Å². The number of aliphatic hydroxyl groups excluding tert-OH is 1. The van der Waals surface area contributed by atoms with Crippen molar-refractivity contribution < 1.29 is 5.11 Å². The van der Waals surface area contributed by atoms with Crippen LogP contribution >= 0.6 is 47.8 Å². The summed E-state index contributed by atoms with van der Waals surface area (Å²) < 4.78 is 5.33. The number of rotatable bonds is 1. The quantitative estimate of drug-likeness (QED) is 0.598. The molecule has 2 aromatic rings. The summed E-state index contributed by atoms with van der Waals surface area (Å²) in [7, 11) is 0. The number of hydrogen-bond acceptors (Lipinski definition) is 1. The van der Waals surface area contributed by atoms with Crippen LogP contribution in [0.2, 0.25) is 0 Å². The second kappa shape index (κ2) is 5.59. The van der Waals surface area contributed by atoms with Gasteiger partial charge in [0.25, 0.3) is 0 Å². The van der Waals surface area contributed by atoms with Gasteiger partial charge in [-0.15, -0.1) is 0 Å². The second-order valence-electron chi connectivity index (χ2n) is 5.15. The Kier molecular flexibility index (Phi) is 4.15. The van der Waals surface area contributed by atoms with Crippen molar-refractivity contribution in [1.82, 2.24) is 4.57 Å². The molecule has 0 bridgehead atoms. The first-order chi connectivity index (χ1) is 9.49. The Balaban J connectivity index is 2.26. The lowest BCUT2D eigenvalue weighted by Crippen LogP contribution is -2.12. The summed E-state index contributed by atoms with van der Waals surface area (Å²) in [6.45, 7) is 2.09. The Hall–Kier alpha value is -0.100. The summed E-state index contributed by atoms with van der Waals surface area (Å²) in [6, 6.07) is 6.20. The molecular weight excluding hydrogens is 450 g/mol. The largest absolute Gasteiger partial charge is 0.388 e. The zero-order chi connectivity index (χ0) is 14.4. The molecule has 1 unspecified atom stereocenters. The van der Waals surface area contributed by atoms with E-state index in [4.69, 9.17) is 0 Å². The fourth-order valence-electron chi connectivity index (χ4n) is 2.94. The average molecular weight is 464 g/mol. The van der Waals surface area contributed by atoms with Crippen molar-refractivity contribution in [3.63, 3.8) is 0 Å². The maximum absolute atomic E-state index is 10.2. The Labute approximate surface area is 143 Å². The van der Waals surface area contributed by atoms with Gasteiger partial charge in [-0.05, 0) is 76.2 Å². The predicted molar refractivity (Wildman–Crippen MR) is 91.5 cm³/mol. The molecule has 3 rings (SSSR count). The summed E-state index contributed by atoms with van der Waals surface area (Å²) in [4.78, 5) is 0. The summed E-state index contributed by atoms with van der Waals surface area (Å²) in [5.74, 6) is 0. The third-order valence-corrected chi connectivity index (χ3v) is 5.44. The molecule has 0 saturated heterocycles. The molecule has 20 heavy (non-hydrogen) atoms. The average Bonchev–Trinajstić information content (AvgIpc) is 2.67. The number of hydrogen-bond donors (Lipinski definition) is 1. The van der Waals surface area contributed by atoms with Gasteiger partial charge in [-0.25, -0.2) is 0 Å². The number of fused-ring (bicyclic) bond motifs is 1. The maximum atomic E-state index is 10.2. The van der Waals surface area contributed by atoms with Gasteiger partial charge < -0.3 is 9.67 Å². The van der Waals surface area contributed by atoms with Crippen LogP contribution in [-0.4, -0.2) is 9.67 Å². The number of halogens is 3. The summed E-state index contributed by atoms with van der Waals surface area (Å²) in [5, 5.41) is 10.2. The minimum absolute atomic E-state index is 0.327. The zero-order valence-corrected chi connectivity index (χ0v) is 15.7. The highest BCUT2D eigenvalue weighted by molar-refractivity contribution is 9.11. The van der Waals surface area contributed by atoms with Crippen LogP contribution in [0.3, 0.4) is 0 Å². The molecule has 1 aliphatic carbocycles. The van der Waals surface area contributed by atoms with Crippen molar-refractivity contribution in [3.05, 3.63) is 48.6 Å². The number of aliphatic hydroxyl groups is 1. The molecule has 1 atom stereocenters. The monoisotopic (exact) mass is 461 g/mol. The van der Waals surface area contributed by atoms with Crippen molar-refractivity contribution in [2.75, 3.05) is 0 Å². The Morgan fingerprint density at radius 1 is 1.15 bits per heavy atom. The maximum Gasteiger partial charge on any atom is 0.0807 e. The lowest BCUT2D eigenvalue weighted by molar-refractivity contribution is 0.156. The number of nitrogens with zero attached hydrogens (tertiary/aromatic N) is 1. The molecular formula is C15H14Br3NO. The minimum Gasteiger partial charge on any atom is -0.388 e. The first kappa shape index (κ1) is 14.8. The third-order valence-electron chi connectivity index (χ3n) is 3.78. The van der Waals surface area contributed by atoms with Crippen LogP contribution in [0.4, 0.5) is 0 Å². The molecule has 1 aliphatic rings. The van der Waals surface area contributed by atoms with Gasteiger partial charge in [-0.1, -0.05) is 15.9 Å². The van der Waals surface area contributed by atoms with Gasteiger partial charge in [0.05, 0.1) is 11.8 Å². The smallest absolute Gasteiger partial charge is 0.0807 e. The van der Waals surface area contributed by atoms with Crippen LogP contribution in [0.15, 0.2) is 31.6 Å². The molecule has 1 N–H and O–H groups in total. The molecule has 5 heteroatoms. The molecule has 1 heterocycles. The Morgan fingerprint density at radius 2 is 1.80 bits per heavy atom. The summed E-state index contributed by atoms with van der Waals surface area (Å²) in [6.07, 6.45) is 2.57. The van der Waals surface area contributed by atoms with E-state index in [2.05, 4.69) is 65.3 Å². The van der Waals surface area contributed by atoms with E-state index in [1.54, 1.807) is 0 Å². The fraction of sp³-hybridized carbons (Fsp3) is 0.333. The van der Waals surface area contributed by atoms with Crippen molar-refractivity contribution in [2.45, 2.75) is 32.3 Å². The Morgan fingerprint density at radius 3 is 2.45 bits per heavy atom. The number of benzene rings is 1.